The fraction of sp³-hybridized carbons (Fsp3) is 0.917. The minimum absolute atomic E-state index is 0.0509. The van der Waals surface area contributed by atoms with Crippen LogP contribution in [0.3, 0.4) is 0 Å². The number of hydrogen-bond donors (Lipinski definition) is 2. The Morgan fingerprint density at radius 2 is 2.19 bits per heavy atom. The number of carbonyl (C=O) groups excluding carboxylic acids is 1. The summed E-state index contributed by atoms with van der Waals surface area (Å²) in [4.78, 5) is 13.7. The zero-order valence-corrected chi connectivity index (χ0v) is 10.5. The molecular formula is C12H24N2O2. The van der Waals surface area contributed by atoms with E-state index in [0.717, 1.165) is 19.3 Å². The number of hydrogen-bond acceptors (Lipinski definition) is 3. The molecule has 1 fully saturated rings. The second-order valence-corrected chi connectivity index (χ2v) is 5.22. The third-order valence-electron chi connectivity index (χ3n) is 3.52. The number of carbonyl (C=O) groups is 1. The normalized spacial score (nSPS) is 32.2. The summed E-state index contributed by atoms with van der Waals surface area (Å²) in [5.74, 6) is 0.698. The van der Waals surface area contributed by atoms with E-state index < -0.39 is 6.10 Å². The quantitative estimate of drug-likeness (QED) is 0.743. The predicted molar refractivity (Wildman–Crippen MR) is 63.8 cm³/mol. The summed E-state index contributed by atoms with van der Waals surface area (Å²) in [6.07, 6.45) is 2.27. The predicted octanol–water partition coefficient (Wildman–Crippen LogP) is 0.589. The monoisotopic (exact) mass is 228 g/mol. The molecule has 1 amide bonds. The van der Waals surface area contributed by atoms with Crippen molar-refractivity contribution in [3.8, 4) is 0 Å². The highest BCUT2D eigenvalue weighted by Crippen LogP contribution is 2.28. The molecule has 3 N–H and O–H groups in total. The molecule has 1 saturated carbocycles. The van der Waals surface area contributed by atoms with Gasteiger partial charge in [0.1, 0.15) is 0 Å². The van der Waals surface area contributed by atoms with Crippen LogP contribution in [-0.2, 0) is 4.79 Å². The highest BCUT2D eigenvalue weighted by molar-refractivity contribution is 5.78. The Morgan fingerprint density at radius 3 is 2.69 bits per heavy atom. The molecule has 16 heavy (non-hydrogen) atoms. The maximum absolute atomic E-state index is 12.0. The molecule has 0 aromatic rings. The van der Waals surface area contributed by atoms with E-state index in [1.54, 1.807) is 18.9 Å². The van der Waals surface area contributed by atoms with E-state index in [9.17, 15) is 9.90 Å². The Balaban J connectivity index is 2.48. The second-order valence-electron chi connectivity index (χ2n) is 5.22. The maximum Gasteiger partial charge on any atom is 0.225 e. The van der Waals surface area contributed by atoms with Gasteiger partial charge in [-0.05, 0) is 32.1 Å². The highest BCUT2D eigenvalue weighted by atomic mass is 16.3. The van der Waals surface area contributed by atoms with E-state index >= 15 is 0 Å². The number of aliphatic hydroxyl groups is 1. The average molecular weight is 228 g/mol. The molecule has 1 aliphatic rings. The maximum atomic E-state index is 12.0. The van der Waals surface area contributed by atoms with Crippen molar-refractivity contribution < 1.29 is 9.90 Å². The minimum Gasteiger partial charge on any atom is -0.392 e. The van der Waals surface area contributed by atoms with Crippen molar-refractivity contribution in [3.05, 3.63) is 0 Å². The van der Waals surface area contributed by atoms with Gasteiger partial charge in [0.15, 0.2) is 0 Å². The SMILES string of the molecule is CC(O)CN(C)C(=O)C1CCC(C)C(N)C1. The van der Waals surface area contributed by atoms with Crippen molar-refractivity contribution >= 4 is 5.91 Å². The number of amides is 1. The molecule has 0 spiro atoms. The Morgan fingerprint density at radius 1 is 1.56 bits per heavy atom. The van der Waals surface area contributed by atoms with Crippen LogP contribution in [0, 0.1) is 11.8 Å². The van der Waals surface area contributed by atoms with Crippen molar-refractivity contribution in [2.45, 2.75) is 45.3 Å². The van der Waals surface area contributed by atoms with Crippen molar-refractivity contribution in [1.29, 1.82) is 0 Å². The van der Waals surface area contributed by atoms with E-state index in [0.29, 0.717) is 12.5 Å². The third-order valence-corrected chi connectivity index (χ3v) is 3.52. The molecule has 4 heteroatoms. The van der Waals surface area contributed by atoms with E-state index in [2.05, 4.69) is 6.92 Å². The molecule has 1 rings (SSSR count). The topological polar surface area (TPSA) is 66.6 Å². The number of nitrogens with zero attached hydrogens (tertiary/aromatic N) is 1. The Kier molecular flexibility index (Phi) is 4.74. The molecule has 0 aromatic heterocycles. The van der Waals surface area contributed by atoms with Gasteiger partial charge in [-0.25, -0.2) is 0 Å². The van der Waals surface area contributed by atoms with Gasteiger partial charge in [-0.1, -0.05) is 6.92 Å². The Bertz CT molecular complexity index is 243. The molecule has 0 bridgehead atoms. The minimum atomic E-state index is -0.467. The third kappa shape index (κ3) is 3.46. The van der Waals surface area contributed by atoms with Crippen LogP contribution in [0.1, 0.15) is 33.1 Å². The summed E-state index contributed by atoms with van der Waals surface area (Å²) in [7, 11) is 1.75. The van der Waals surface area contributed by atoms with Crippen LogP contribution in [0.2, 0.25) is 0 Å². The van der Waals surface area contributed by atoms with Crippen LogP contribution in [0.5, 0.6) is 0 Å². The first-order chi connectivity index (χ1) is 7.41. The summed E-state index contributed by atoms with van der Waals surface area (Å²) < 4.78 is 0. The largest absolute Gasteiger partial charge is 0.392 e. The number of nitrogens with two attached hydrogens (primary N) is 1. The van der Waals surface area contributed by atoms with Gasteiger partial charge in [-0.15, -0.1) is 0 Å². The van der Waals surface area contributed by atoms with Gasteiger partial charge in [0.05, 0.1) is 6.10 Å². The van der Waals surface area contributed by atoms with Crippen molar-refractivity contribution in [2.24, 2.45) is 17.6 Å². The lowest BCUT2D eigenvalue weighted by Gasteiger charge is -2.33. The molecule has 0 heterocycles. The highest BCUT2D eigenvalue weighted by Gasteiger charge is 2.31. The summed E-state index contributed by atoms with van der Waals surface area (Å²) in [5.41, 5.74) is 5.99. The molecule has 4 atom stereocenters. The summed E-state index contributed by atoms with van der Waals surface area (Å²) in [6.45, 7) is 4.24. The summed E-state index contributed by atoms with van der Waals surface area (Å²) in [6, 6.07) is 0.141. The van der Waals surface area contributed by atoms with Crippen LogP contribution in [-0.4, -0.2) is 41.7 Å². The zero-order valence-electron chi connectivity index (χ0n) is 10.5. The lowest BCUT2D eigenvalue weighted by atomic mass is 9.79. The van der Waals surface area contributed by atoms with Crippen molar-refractivity contribution in [3.63, 3.8) is 0 Å². The van der Waals surface area contributed by atoms with Crippen LogP contribution in [0.15, 0.2) is 0 Å². The first kappa shape index (κ1) is 13.5. The van der Waals surface area contributed by atoms with Gasteiger partial charge in [-0.3, -0.25) is 4.79 Å². The Labute approximate surface area is 97.8 Å². The molecule has 0 saturated heterocycles. The molecule has 0 aromatic carbocycles. The summed E-state index contributed by atoms with van der Waals surface area (Å²) in [5, 5.41) is 9.25. The fourth-order valence-electron chi connectivity index (χ4n) is 2.38. The van der Waals surface area contributed by atoms with Gasteiger partial charge >= 0.3 is 0 Å². The van der Waals surface area contributed by atoms with E-state index in [1.807, 2.05) is 0 Å². The molecule has 4 nitrogen and oxygen atoms in total. The van der Waals surface area contributed by atoms with Crippen molar-refractivity contribution in [2.75, 3.05) is 13.6 Å². The van der Waals surface area contributed by atoms with Gasteiger partial charge in [-0.2, -0.15) is 0 Å². The number of rotatable bonds is 3. The molecule has 4 unspecified atom stereocenters. The van der Waals surface area contributed by atoms with Crippen LogP contribution in [0.25, 0.3) is 0 Å². The lowest BCUT2D eigenvalue weighted by Crippen LogP contribution is -2.43. The molecule has 0 radical (unpaired) electrons. The van der Waals surface area contributed by atoms with Gasteiger partial charge in [0.25, 0.3) is 0 Å². The van der Waals surface area contributed by atoms with Gasteiger partial charge in [0.2, 0.25) is 5.91 Å². The first-order valence-corrected chi connectivity index (χ1v) is 6.10. The standard InChI is InChI=1S/C12H24N2O2/c1-8-4-5-10(6-11(8)13)12(16)14(3)7-9(2)15/h8-11,15H,4-7,13H2,1-3H3. The van der Waals surface area contributed by atoms with Crippen LogP contribution in [0.4, 0.5) is 0 Å². The number of likely N-dealkylation sites (N-methyl/N-ethyl adjacent to an activating group) is 1. The number of aliphatic hydroxyl groups excluding tert-OH is 1. The van der Waals surface area contributed by atoms with E-state index in [-0.39, 0.29) is 17.9 Å². The van der Waals surface area contributed by atoms with E-state index in [4.69, 9.17) is 5.73 Å². The zero-order chi connectivity index (χ0) is 12.3. The van der Waals surface area contributed by atoms with Crippen LogP contribution >= 0.6 is 0 Å². The second kappa shape index (κ2) is 5.64. The Hall–Kier alpha value is -0.610. The molecular weight excluding hydrogens is 204 g/mol. The van der Waals surface area contributed by atoms with E-state index in [1.165, 1.54) is 0 Å². The molecule has 0 aliphatic heterocycles. The lowest BCUT2D eigenvalue weighted by molar-refractivity contribution is -0.136. The fourth-order valence-corrected chi connectivity index (χ4v) is 2.38. The van der Waals surface area contributed by atoms with Gasteiger partial charge in [0, 0.05) is 25.6 Å². The van der Waals surface area contributed by atoms with Gasteiger partial charge < -0.3 is 15.7 Å². The van der Waals surface area contributed by atoms with Crippen molar-refractivity contribution in [1.82, 2.24) is 4.90 Å². The van der Waals surface area contributed by atoms with Crippen LogP contribution < -0.4 is 5.73 Å². The average Bonchev–Trinajstić information content (AvgIpc) is 2.20. The molecule has 94 valence electrons. The smallest absolute Gasteiger partial charge is 0.225 e. The first-order valence-electron chi connectivity index (χ1n) is 6.10. The summed E-state index contributed by atoms with van der Waals surface area (Å²) >= 11 is 0. The molecule has 1 aliphatic carbocycles.